The van der Waals surface area contributed by atoms with Crippen LogP contribution in [0.15, 0.2) is 18.2 Å². The van der Waals surface area contributed by atoms with E-state index < -0.39 is 17.9 Å². The Hall–Kier alpha value is -0.620. The van der Waals surface area contributed by atoms with Crippen molar-refractivity contribution in [1.29, 1.82) is 0 Å². The number of hydrogen-bond donors (Lipinski definition) is 1. The maximum atomic E-state index is 13.7. The van der Waals surface area contributed by atoms with Crippen LogP contribution in [-0.2, 0) is 9.53 Å². The summed E-state index contributed by atoms with van der Waals surface area (Å²) >= 11 is 11.4. The van der Waals surface area contributed by atoms with Crippen molar-refractivity contribution in [3.05, 3.63) is 33.8 Å². The van der Waals surface area contributed by atoms with Crippen LogP contribution in [-0.4, -0.2) is 18.5 Å². The predicted molar refractivity (Wildman–Crippen MR) is 72.2 cm³/mol. The molecule has 2 N–H and O–H groups in total. The Bertz CT molecular complexity index is 458. The molecule has 1 atom stereocenters. The number of carbonyl (C=O) groups is 1. The van der Waals surface area contributed by atoms with E-state index in [1.165, 1.54) is 25.1 Å². The Morgan fingerprint density at radius 3 is 2.53 bits per heavy atom. The number of rotatable bonds is 4. The lowest BCUT2D eigenvalue weighted by atomic mass is 10.0. The summed E-state index contributed by atoms with van der Waals surface area (Å²) in [5, 5.41) is 0.259. The van der Waals surface area contributed by atoms with Crippen LogP contribution in [0, 0.1) is 0 Å². The number of esters is 1. The zero-order valence-corrected chi connectivity index (χ0v) is 12.2. The van der Waals surface area contributed by atoms with E-state index in [2.05, 4.69) is 4.74 Å². The van der Waals surface area contributed by atoms with E-state index in [0.717, 1.165) is 0 Å². The number of nitrogens with two attached hydrogens (primary N) is 1. The molecule has 0 spiro atoms. The Morgan fingerprint density at radius 2 is 2.05 bits per heavy atom. The fraction of sp³-hybridized carbons (Fsp3) is 0.364. The van der Waals surface area contributed by atoms with E-state index in [4.69, 9.17) is 28.9 Å². The van der Waals surface area contributed by atoms with Gasteiger partial charge in [-0.1, -0.05) is 29.3 Å². The van der Waals surface area contributed by atoms with E-state index in [1.807, 2.05) is 0 Å². The number of ether oxygens (including phenoxy) is 1. The largest absolute Gasteiger partial charge is 0.462 e. The molecular weight excluding hydrogens is 322 g/mol. The highest BCUT2D eigenvalue weighted by Gasteiger charge is 2.48. The summed E-state index contributed by atoms with van der Waals surface area (Å²) in [4.78, 5) is 11.1. The Labute approximate surface area is 125 Å². The molecule has 0 bridgehead atoms. The first-order valence-electron chi connectivity index (χ1n) is 5.06. The van der Waals surface area contributed by atoms with E-state index in [0.29, 0.717) is 0 Å². The molecule has 1 aromatic rings. The third-order valence-corrected chi connectivity index (χ3v) is 2.80. The van der Waals surface area contributed by atoms with Crippen LogP contribution in [0.1, 0.15) is 18.5 Å². The van der Waals surface area contributed by atoms with Gasteiger partial charge in [-0.05, 0) is 24.6 Å². The fourth-order valence-electron chi connectivity index (χ4n) is 1.30. The molecule has 0 amide bonds. The van der Waals surface area contributed by atoms with Gasteiger partial charge in [-0.25, -0.2) is 4.79 Å². The van der Waals surface area contributed by atoms with Gasteiger partial charge in [0.2, 0.25) is 0 Å². The molecule has 0 saturated carbocycles. The number of hydrogen-bond acceptors (Lipinski definition) is 3. The van der Waals surface area contributed by atoms with Gasteiger partial charge in [0, 0.05) is 10.0 Å². The van der Waals surface area contributed by atoms with Crippen molar-refractivity contribution >= 4 is 41.6 Å². The molecule has 0 aliphatic carbocycles. The molecule has 0 radical (unpaired) electrons. The molecule has 0 heterocycles. The minimum Gasteiger partial charge on any atom is -0.462 e. The van der Waals surface area contributed by atoms with Gasteiger partial charge < -0.3 is 10.5 Å². The number of carbonyl (C=O) groups excluding carboxylic acids is 1. The molecule has 8 heteroatoms. The first kappa shape index (κ1) is 18.4. The molecule has 1 aromatic carbocycles. The minimum atomic E-state index is -3.85. The Kier molecular flexibility index (Phi) is 7.00. The predicted octanol–water partition coefficient (Wildman–Crippen LogP) is 3.61. The summed E-state index contributed by atoms with van der Waals surface area (Å²) in [5.74, 6) is -5.53. The zero-order chi connectivity index (χ0) is 13.9. The van der Waals surface area contributed by atoms with Gasteiger partial charge in [0.25, 0.3) is 0 Å². The molecular formula is C11H12Cl3F2NO2. The Balaban J connectivity index is 0.00000324. The standard InChI is InChI=1S/C11H11Cl2F2NO2.ClH/c1-2-18-10(17)11(14,15)9(16)7-4-3-6(12)5-8(7)13;/h3-5,9H,2,16H2,1H3;1H/t9-;/m0./s1. The Morgan fingerprint density at radius 1 is 1.47 bits per heavy atom. The molecule has 0 unspecified atom stereocenters. The van der Waals surface area contributed by atoms with Crippen LogP contribution in [0.25, 0.3) is 0 Å². The molecule has 1 rings (SSSR count). The van der Waals surface area contributed by atoms with Crippen molar-refractivity contribution in [3.63, 3.8) is 0 Å². The van der Waals surface area contributed by atoms with Crippen LogP contribution >= 0.6 is 35.6 Å². The summed E-state index contributed by atoms with van der Waals surface area (Å²) in [7, 11) is 0. The van der Waals surface area contributed by atoms with E-state index >= 15 is 0 Å². The summed E-state index contributed by atoms with van der Waals surface area (Å²) in [6.07, 6.45) is 0. The summed E-state index contributed by atoms with van der Waals surface area (Å²) in [6.45, 7) is 1.27. The average molecular weight is 335 g/mol. The van der Waals surface area contributed by atoms with Gasteiger partial charge in [-0.15, -0.1) is 12.4 Å². The zero-order valence-electron chi connectivity index (χ0n) is 9.83. The smallest absolute Gasteiger partial charge is 0.379 e. The normalized spacial score (nSPS) is 12.5. The van der Waals surface area contributed by atoms with Crippen molar-refractivity contribution < 1.29 is 18.3 Å². The highest BCUT2D eigenvalue weighted by Crippen LogP contribution is 2.35. The first-order valence-corrected chi connectivity index (χ1v) is 5.81. The summed E-state index contributed by atoms with van der Waals surface area (Å²) in [6, 6.07) is 2.01. The molecule has 19 heavy (non-hydrogen) atoms. The minimum absolute atomic E-state index is 0. The van der Waals surface area contributed by atoms with Crippen molar-refractivity contribution in [3.8, 4) is 0 Å². The average Bonchev–Trinajstić information content (AvgIpc) is 2.28. The van der Waals surface area contributed by atoms with E-state index in [-0.39, 0.29) is 34.6 Å². The second kappa shape index (κ2) is 7.24. The van der Waals surface area contributed by atoms with Gasteiger partial charge in [0.15, 0.2) is 0 Å². The van der Waals surface area contributed by atoms with Crippen molar-refractivity contribution in [2.75, 3.05) is 6.61 Å². The van der Waals surface area contributed by atoms with Gasteiger partial charge in [-0.2, -0.15) is 8.78 Å². The molecule has 108 valence electrons. The van der Waals surface area contributed by atoms with E-state index in [9.17, 15) is 13.6 Å². The van der Waals surface area contributed by atoms with Crippen LogP contribution in [0.3, 0.4) is 0 Å². The van der Waals surface area contributed by atoms with Crippen LogP contribution in [0.2, 0.25) is 10.0 Å². The number of alkyl halides is 2. The topological polar surface area (TPSA) is 52.3 Å². The van der Waals surface area contributed by atoms with Gasteiger partial charge >= 0.3 is 11.9 Å². The third-order valence-electron chi connectivity index (χ3n) is 2.24. The number of benzene rings is 1. The molecule has 0 aliphatic rings. The monoisotopic (exact) mass is 333 g/mol. The highest BCUT2D eigenvalue weighted by molar-refractivity contribution is 6.35. The van der Waals surface area contributed by atoms with Crippen molar-refractivity contribution in [2.45, 2.75) is 18.9 Å². The van der Waals surface area contributed by atoms with Gasteiger partial charge in [0.1, 0.15) is 6.04 Å². The van der Waals surface area contributed by atoms with Crippen molar-refractivity contribution in [1.82, 2.24) is 0 Å². The maximum absolute atomic E-state index is 13.7. The lowest BCUT2D eigenvalue weighted by Crippen LogP contribution is -2.41. The lowest BCUT2D eigenvalue weighted by Gasteiger charge is -2.22. The number of halogens is 5. The summed E-state index contributed by atoms with van der Waals surface area (Å²) < 4.78 is 31.6. The maximum Gasteiger partial charge on any atom is 0.379 e. The van der Waals surface area contributed by atoms with E-state index in [1.54, 1.807) is 0 Å². The summed E-state index contributed by atoms with van der Waals surface area (Å²) in [5.41, 5.74) is 5.31. The SMILES string of the molecule is CCOC(=O)C(F)(F)[C@@H](N)c1ccc(Cl)cc1Cl.Cl. The fourth-order valence-corrected chi connectivity index (χ4v) is 1.83. The molecule has 0 aliphatic heterocycles. The molecule has 3 nitrogen and oxygen atoms in total. The third kappa shape index (κ3) is 4.18. The second-order valence-corrected chi connectivity index (χ2v) is 4.33. The van der Waals surface area contributed by atoms with Crippen molar-refractivity contribution in [2.24, 2.45) is 5.73 Å². The molecule has 0 aromatic heterocycles. The lowest BCUT2D eigenvalue weighted by molar-refractivity contribution is -0.174. The highest BCUT2D eigenvalue weighted by atomic mass is 35.5. The molecule has 0 fully saturated rings. The van der Waals surface area contributed by atoms with Crippen LogP contribution < -0.4 is 5.73 Å². The van der Waals surface area contributed by atoms with Crippen LogP contribution in [0.4, 0.5) is 8.78 Å². The van der Waals surface area contributed by atoms with Crippen LogP contribution in [0.5, 0.6) is 0 Å². The van der Waals surface area contributed by atoms with Gasteiger partial charge in [-0.3, -0.25) is 0 Å². The quantitative estimate of drug-likeness (QED) is 0.856. The first-order chi connectivity index (χ1) is 8.30. The second-order valence-electron chi connectivity index (χ2n) is 3.49. The van der Waals surface area contributed by atoms with Gasteiger partial charge in [0.05, 0.1) is 6.61 Å². The molecule has 0 saturated heterocycles.